The van der Waals surface area contributed by atoms with Crippen LogP contribution in [0.3, 0.4) is 0 Å². The molecular weight excluding hydrogens is 302 g/mol. The summed E-state index contributed by atoms with van der Waals surface area (Å²) in [4.78, 5) is 21.5. The Hall–Kier alpha value is -2.87. The predicted octanol–water partition coefficient (Wildman–Crippen LogP) is 1.78. The molecule has 0 saturated heterocycles. The number of rotatable bonds is 7. The van der Waals surface area contributed by atoms with Crippen molar-refractivity contribution in [1.82, 2.24) is 10.0 Å². The largest absolute Gasteiger partial charge is 0.494 e. The third-order valence-electron chi connectivity index (χ3n) is 3.57. The molecule has 0 radical (unpaired) electrons. The standard InChI is InChI=1S/C15H17N3O5/c19-14(16-21)6-5-12-8-10-17(15(12)20)9-7-11-3-1-2-4-13(11)18(22)23/h1-4,8,10,20-21H,5-7,9H2,(H,16,19). The number of nitro benzene ring substituents is 1. The van der Waals surface area contributed by atoms with Gasteiger partial charge in [-0.1, -0.05) is 18.2 Å². The minimum Gasteiger partial charge on any atom is -0.494 e. The molecule has 8 nitrogen and oxygen atoms in total. The number of para-hydroxylation sites is 1. The maximum absolute atomic E-state index is 11.0. The average molecular weight is 319 g/mol. The average Bonchev–Trinajstić information content (AvgIpc) is 2.91. The monoisotopic (exact) mass is 319 g/mol. The normalized spacial score (nSPS) is 10.5. The summed E-state index contributed by atoms with van der Waals surface area (Å²) in [7, 11) is 0. The molecule has 0 aliphatic heterocycles. The van der Waals surface area contributed by atoms with Gasteiger partial charge in [0.25, 0.3) is 5.69 Å². The minimum atomic E-state index is -0.530. The zero-order valence-corrected chi connectivity index (χ0v) is 12.3. The van der Waals surface area contributed by atoms with E-state index in [1.165, 1.54) is 11.5 Å². The lowest BCUT2D eigenvalue weighted by Crippen LogP contribution is -2.18. The number of aromatic hydroxyl groups is 1. The molecule has 3 N–H and O–H groups in total. The number of carbonyl (C=O) groups excluding carboxylic acids is 1. The van der Waals surface area contributed by atoms with Crippen LogP contribution in [0.2, 0.25) is 0 Å². The van der Waals surface area contributed by atoms with Gasteiger partial charge in [-0.15, -0.1) is 0 Å². The molecule has 1 amide bonds. The van der Waals surface area contributed by atoms with Gasteiger partial charge in [-0.3, -0.25) is 20.1 Å². The number of amides is 1. The second-order valence-electron chi connectivity index (χ2n) is 5.03. The number of nitrogens with one attached hydrogen (secondary N) is 1. The first-order valence-corrected chi connectivity index (χ1v) is 7.05. The zero-order valence-electron chi connectivity index (χ0n) is 12.3. The third-order valence-corrected chi connectivity index (χ3v) is 3.57. The topological polar surface area (TPSA) is 118 Å². The van der Waals surface area contributed by atoms with Crippen LogP contribution in [0.5, 0.6) is 5.88 Å². The van der Waals surface area contributed by atoms with Gasteiger partial charge in [-0.05, 0) is 18.9 Å². The molecule has 0 aliphatic rings. The third kappa shape index (κ3) is 4.07. The molecule has 2 rings (SSSR count). The molecule has 122 valence electrons. The lowest BCUT2D eigenvalue weighted by molar-refractivity contribution is -0.385. The highest BCUT2D eigenvalue weighted by molar-refractivity contribution is 5.74. The number of aromatic nitrogens is 1. The van der Waals surface area contributed by atoms with Gasteiger partial charge in [-0.2, -0.15) is 0 Å². The van der Waals surface area contributed by atoms with Crippen molar-refractivity contribution in [3.8, 4) is 5.88 Å². The Morgan fingerprint density at radius 1 is 1.22 bits per heavy atom. The Kier molecular flexibility index (Phi) is 5.32. The molecule has 0 fully saturated rings. The van der Waals surface area contributed by atoms with Crippen molar-refractivity contribution in [1.29, 1.82) is 0 Å². The van der Waals surface area contributed by atoms with E-state index in [1.54, 1.807) is 35.0 Å². The number of carbonyl (C=O) groups is 1. The van der Waals surface area contributed by atoms with E-state index in [0.717, 1.165) is 0 Å². The van der Waals surface area contributed by atoms with Gasteiger partial charge in [0.15, 0.2) is 5.88 Å². The van der Waals surface area contributed by atoms with Gasteiger partial charge in [0.2, 0.25) is 5.91 Å². The van der Waals surface area contributed by atoms with Crippen LogP contribution in [0, 0.1) is 10.1 Å². The van der Waals surface area contributed by atoms with Crippen molar-refractivity contribution in [2.45, 2.75) is 25.8 Å². The maximum atomic E-state index is 11.0. The van der Waals surface area contributed by atoms with E-state index < -0.39 is 10.8 Å². The SMILES string of the molecule is O=C(CCc1ccn(CCc2ccccc2[N+](=O)[O-])c1O)NO. The van der Waals surface area contributed by atoms with Crippen molar-refractivity contribution in [2.75, 3.05) is 0 Å². The fraction of sp³-hybridized carbons (Fsp3) is 0.267. The van der Waals surface area contributed by atoms with E-state index >= 15 is 0 Å². The van der Waals surface area contributed by atoms with Gasteiger partial charge in [0.05, 0.1) is 4.92 Å². The fourth-order valence-electron chi connectivity index (χ4n) is 2.33. The van der Waals surface area contributed by atoms with E-state index in [9.17, 15) is 20.0 Å². The summed E-state index contributed by atoms with van der Waals surface area (Å²) in [5.41, 5.74) is 2.76. The molecule has 1 heterocycles. The molecule has 2 aromatic rings. The summed E-state index contributed by atoms with van der Waals surface area (Å²) in [6.07, 6.45) is 2.40. The second-order valence-corrected chi connectivity index (χ2v) is 5.03. The number of aryl methyl sites for hydroxylation is 3. The molecule has 23 heavy (non-hydrogen) atoms. The van der Waals surface area contributed by atoms with Crippen LogP contribution in [0.25, 0.3) is 0 Å². The fourth-order valence-corrected chi connectivity index (χ4v) is 2.33. The van der Waals surface area contributed by atoms with Crippen LogP contribution in [-0.2, 0) is 24.2 Å². The highest BCUT2D eigenvalue weighted by Crippen LogP contribution is 2.23. The van der Waals surface area contributed by atoms with Crippen molar-refractivity contribution in [2.24, 2.45) is 0 Å². The molecule has 0 bridgehead atoms. The maximum Gasteiger partial charge on any atom is 0.272 e. The molecule has 0 aliphatic carbocycles. The van der Waals surface area contributed by atoms with Crippen molar-refractivity contribution in [3.05, 3.63) is 57.8 Å². The number of hydrogen-bond acceptors (Lipinski definition) is 5. The van der Waals surface area contributed by atoms with E-state index in [4.69, 9.17) is 5.21 Å². The molecule has 1 aromatic carbocycles. The summed E-state index contributed by atoms with van der Waals surface area (Å²) in [5.74, 6) is -0.508. The summed E-state index contributed by atoms with van der Waals surface area (Å²) in [6.45, 7) is 0.378. The first-order chi connectivity index (χ1) is 11.0. The predicted molar refractivity (Wildman–Crippen MR) is 81.1 cm³/mol. The first kappa shape index (κ1) is 16.5. The number of nitro groups is 1. The number of hydroxylamine groups is 1. The summed E-state index contributed by atoms with van der Waals surface area (Å²) in [5, 5.41) is 29.5. The lowest BCUT2D eigenvalue weighted by Gasteiger charge is -2.07. The van der Waals surface area contributed by atoms with Crippen molar-refractivity contribution >= 4 is 11.6 Å². The van der Waals surface area contributed by atoms with Crippen LogP contribution in [-0.4, -0.2) is 25.7 Å². The van der Waals surface area contributed by atoms with E-state index in [2.05, 4.69) is 0 Å². The van der Waals surface area contributed by atoms with Crippen LogP contribution >= 0.6 is 0 Å². The molecule has 0 unspecified atom stereocenters. The Bertz CT molecular complexity index is 711. The zero-order chi connectivity index (χ0) is 16.8. The molecule has 0 spiro atoms. The number of nitrogens with zero attached hydrogens (tertiary/aromatic N) is 2. The van der Waals surface area contributed by atoms with Crippen LogP contribution < -0.4 is 5.48 Å². The summed E-state index contributed by atoms with van der Waals surface area (Å²) >= 11 is 0. The van der Waals surface area contributed by atoms with E-state index in [-0.39, 0.29) is 24.4 Å². The summed E-state index contributed by atoms with van der Waals surface area (Å²) in [6, 6.07) is 8.16. The van der Waals surface area contributed by atoms with Crippen LogP contribution in [0.4, 0.5) is 5.69 Å². The van der Waals surface area contributed by atoms with Gasteiger partial charge in [-0.25, -0.2) is 5.48 Å². The molecule has 0 saturated carbocycles. The number of hydrogen-bond donors (Lipinski definition) is 3. The van der Waals surface area contributed by atoms with Gasteiger partial charge >= 0.3 is 0 Å². The van der Waals surface area contributed by atoms with E-state index in [1.807, 2.05) is 0 Å². The van der Waals surface area contributed by atoms with Gasteiger partial charge in [0, 0.05) is 36.4 Å². The highest BCUT2D eigenvalue weighted by Gasteiger charge is 2.14. The second kappa shape index (κ2) is 7.41. The van der Waals surface area contributed by atoms with Crippen molar-refractivity contribution < 1.29 is 20.0 Å². The molecule has 1 aromatic heterocycles. The Morgan fingerprint density at radius 2 is 1.96 bits per heavy atom. The van der Waals surface area contributed by atoms with E-state index in [0.29, 0.717) is 24.1 Å². The highest BCUT2D eigenvalue weighted by atomic mass is 16.6. The van der Waals surface area contributed by atoms with Gasteiger partial charge < -0.3 is 9.67 Å². The molecule has 8 heteroatoms. The quantitative estimate of drug-likeness (QED) is 0.408. The summed E-state index contributed by atoms with van der Waals surface area (Å²) < 4.78 is 1.57. The van der Waals surface area contributed by atoms with Gasteiger partial charge in [0.1, 0.15) is 0 Å². The lowest BCUT2D eigenvalue weighted by atomic mass is 10.1. The Morgan fingerprint density at radius 3 is 2.65 bits per heavy atom. The molecular formula is C15H17N3O5. The number of benzene rings is 1. The van der Waals surface area contributed by atoms with Crippen molar-refractivity contribution in [3.63, 3.8) is 0 Å². The smallest absolute Gasteiger partial charge is 0.272 e. The molecule has 0 atom stereocenters. The Balaban J connectivity index is 2.03. The minimum absolute atomic E-state index is 0.0225. The van der Waals surface area contributed by atoms with Crippen LogP contribution in [0.1, 0.15) is 17.5 Å². The first-order valence-electron chi connectivity index (χ1n) is 7.05. The van der Waals surface area contributed by atoms with Crippen LogP contribution in [0.15, 0.2) is 36.5 Å². The Labute approximate surface area is 132 Å².